The van der Waals surface area contributed by atoms with Crippen LogP contribution in [0.4, 0.5) is 5.69 Å². The summed E-state index contributed by atoms with van der Waals surface area (Å²) >= 11 is 7.93. The molecule has 0 saturated carbocycles. The van der Waals surface area contributed by atoms with E-state index < -0.39 is 0 Å². The Morgan fingerprint density at radius 2 is 2.26 bits per heavy atom. The number of hydrogen-bond donors (Lipinski definition) is 1. The molecule has 1 aliphatic rings. The summed E-state index contributed by atoms with van der Waals surface area (Å²) in [5.41, 5.74) is 2.40. The number of methoxy groups -OCH3 is 1. The first kappa shape index (κ1) is 12.8. The van der Waals surface area contributed by atoms with Crippen molar-refractivity contribution < 1.29 is 4.74 Å². The highest BCUT2D eigenvalue weighted by molar-refractivity contribution is 7.10. The van der Waals surface area contributed by atoms with Crippen molar-refractivity contribution in [3.63, 3.8) is 0 Å². The number of halogens is 1. The summed E-state index contributed by atoms with van der Waals surface area (Å²) in [6, 6.07) is 8.28. The topological polar surface area (TPSA) is 21.3 Å². The van der Waals surface area contributed by atoms with E-state index in [-0.39, 0.29) is 0 Å². The molecule has 100 valence electrons. The summed E-state index contributed by atoms with van der Waals surface area (Å²) in [4.78, 5) is 1.50. The van der Waals surface area contributed by atoms with Gasteiger partial charge in [-0.1, -0.05) is 11.6 Å². The van der Waals surface area contributed by atoms with Gasteiger partial charge in [-0.05, 0) is 54.5 Å². The van der Waals surface area contributed by atoms with Gasteiger partial charge in [0.2, 0.25) is 0 Å². The third kappa shape index (κ3) is 2.58. The molecule has 1 aromatic heterocycles. The summed E-state index contributed by atoms with van der Waals surface area (Å²) in [6.45, 7) is 0. The number of thiophene rings is 1. The zero-order valence-corrected chi connectivity index (χ0v) is 12.4. The van der Waals surface area contributed by atoms with Crippen molar-refractivity contribution in [2.24, 2.45) is 0 Å². The summed E-state index contributed by atoms with van der Waals surface area (Å²) in [6.07, 6.45) is 3.59. The number of aryl methyl sites for hydroxylation is 1. The second-order valence-electron chi connectivity index (χ2n) is 4.73. The van der Waals surface area contributed by atoms with Crippen LogP contribution < -0.4 is 10.1 Å². The Morgan fingerprint density at radius 3 is 3.11 bits per heavy atom. The smallest absolute Gasteiger partial charge is 0.142 e. The van der Waals surface area contributed by atoms with Crippen molar-refractivity contribution in [2.45, 2.75) is 25.3 Å². The standard InChI is InChI=1S/C15H16ClNOS/c1-18-14-6-5-10(16)9-13(14)17-12-3-2-4-15-11(12)7-8-19-15/h5-9,12,17H,2-4H2,1H3. The number of ether oxygens (including phenoxy) is 1. The van der Waals surface area contributed by atoms with Gasteiger partial charge in [-0.25, -0.2) is 0 Å². The average Bonchev–Trinajstić information content (AvgIpc) is 2.88. The molecular weight excluding hydrogens is 278 g/mol. The van der Waals surface area contributed by atoms with Crippen LogP contribution in [0, 0.1) is 0 Å². The van der Waals surface area contributed by atoms with E-state index in [1.165, 1.54) is 23.3 Å². The highest BCUT2D eigenvalue weighted by Crippen LogP contribution is 2.38. The summed E-state index contributed by atoms with van der Waals surface area (Å²) in [7, 11) is 1.69. The fourth-order valence-electron chi connectivity index (χ4n) is 2.62. The maximum Gasteiger partial charge on any atom is 0.142 e. The monoisotopic (exact) mass is 293 g/mol. The number of fused-ring (bicyclic) bond motifs is 1. The van der Waals surface area contributed by atoms with Crippen LogP contribution in [0.1, 0.15) is 29.3 Å². The van der Waals surface area contributed by atoms with Crippen molar-refractivity contribution in [2.75, 3.05) is 12.4 Å². The molecule has 1 heterocycles. The fourth-order valence-corrected chi connectivity index (χ4v) is 3.78. The first-order valence-corrected chi connectivity index (χ1v) is 7.70. The summed E-state index contributed by atoms with van der Waals surface area (Å²) < 4.78 is 5.39. The van der Waals surface area contributed by atoms with Crippen LogP contribution in [-0.2, 0) is 6.42 Å². The van der Waals surface area contributed by atoms with Gasteiger partial charge < -0.3 is 10.1 Å². The lowest BCUT2D eigenvalue weighted by Gasteiger charge is -2.25. The van der Waals surface area contributed by atoms with E-state index in [9.17, 15) is 0 Å². The summed E-state index contributed by atoms with van der Waals surface area (Å²) in [5, 5.41) is 6.49. The Labute approximate surface area is 122 Å². The van der Waals surface area contributed by atoms with Gasteiger partial charge in [0.25, 0.3) is 0 Å². The number of rotatable bonds is 3. The molecule has 3 rings (SSSR count). The SMILES string of the molecule is COc1ccc(Cl)cc1NC1CCCc2sccc21. The largest absolute Gasteiger partial charge is 0.495 e. The first-order valence-electron chi connectivity index (χ1n) is 6.44. The minimum Gasteiger partial charge on any atom is -0.495 e. The molecule has 2 nitrogen and oxygen atoms in total. The summed E-state index contributed by atoms with van der Waals surface area (Å²) in [5.74, 6) is 0.840. The maximum atomic E-state index is 6.08. The second-order valence-corrected chi connectivity index (χ2v) is 6.17. The Morgan fingerprint density at radius 1 is 1.37 bits per heavy atom. The molecule has 2 aromatic rings. The Hall–Kier alpha value is -1.19. The average molecular weight is 294 g/mol. The van der Waals surface area contributed by atoms with Crippen molar-refractivity contribution in [3.05, 3.63) is 45.1 Å². The molecular formula is C15H16ClNOS. The fraction of sp³-hybridized carbons (Fsp3) is 0.333. The molecule has 0 fully saturated rings. The lowest BCUT2D eigenvalue weighted by atomic mass is 9.94. The van der Waals surface area contributed by atoms with E-state index in [2.05, 4.69) is 16.8 Å². The molecule has 0 spiro atoms. The minimum atomic E-state index is 0.363. The van der Waals surface area contributed by atoms with Crippen molar-refractivity contribution >= 4 is 28.6 Å². The lowest BCUT2D eigenvalue weighted by Crippen LogP contribution is -2.16. The van der Waals surface area contributed by atoms with Crippen molar-refractivity contribution in [1.82, 2.24) is 0 Å². The van der Waals surface area contributed by atoms with Gasteiger partial charge in [0.1, 0.15) is 5.75 Å². The Balaban J connectivity index is 1.89. The van der Waals surface area contributed by atoms with Crippen LogP contribution in [0.25, 0.3) is 0 Å². The number of hydrogen-bond acceptors (Lipinski definition) is 3. The quantitative estimate of drug-likeness (QED) is 0.869. The zero-order chi connectivity index (χ0) is 13.2. The van der Waals surface area contributed by atoms with E-state index in [1.54, 1.807) is 7.11 Å². The number of benzene rings is 1. The predicted molar refractivity (Wildman–Crippen MR) is 81.6 cm³/mol. The molecule has 1 atom stereocenters. The highest BCUT2D eigenvalue weighted by atomic mass is 35.5. The molecule has 1 aromatic carbocycles. The van der Waals surface area contributed by atoms with Gasteiger partial charge in [0, 0.05) is 9.90 Å². The van der Waals surface area contributed by atoms with Gasteiger partial charge in [-0.2, -0.15) is 0 Å². The van der Waals surface area contributed by atoms with Crippen LogP contribution in [0.2, 0.25) is 5.02 Å². The number of nitrogens with one attached hydrogen (secondary N) is 1. The highest BCUT2D eigenvalue weighted by Gasteiger charge is 2.21. The van der Waals surface area contributed by atoms with Crippen LogP contribution in [0.5, 0.6) is 5.75 Å². The molecule has 1 aliphatic carbocycles. The molecule has 0 radical (unpaired) electrons. The molecule has 0 aliphatic heterocycles. The van der Waals surface area contributed by atoms with E-state index in [4.69, 9.17) is 16.3 Å². The molecule has 19 heavy (non-hydrogen) atoms. The second kappa shape index (κ2) is 5.43. The Kier molecular flexibility index (Phi) is 3.67. The van der Waals surface area contributed by atoms with Gasteiger partial charge in [-0.15, -0.1) is 11.3 Å². The molecule has 0 bridgehead atoms. The van der Waals surface area contributed by atoms with E-state index >= 15 is 0 Å². The minimum absolute atomic E-state index is 0.363. The van der Waals surface area contributed by atoms with E-state index in [0.717, 1.165) is 22.9 Å². The predicted octanol–water partition coefficient (Wildman–Crippen LogP) is 4.90. The van der Waals surface area contributed by atoms with Crippen molar-refractivity contribution in [3.8, 4) is 5.75 Å². The van der Waals surface area contributed by atoms with Gasteiger partial charge in [-0.3, -0.25) is 0 Å². The first-order chi connectivity index (χ1) is 9.28. The molecule has 1 N–H and O–H groups in total. The van der Waals surface area contributed by atoms with Crippen LogP contribution in [0.3, 0.4) is 0 Å². The molecule has 4 heteroatoms. The van der Waals surface area contributed by atoms with Crippen LogP contribution in [0.15, 0.2) is 29.6 Å². The molecule has 1 unspecified atom stereocenters. The third-order valence-electron chi connectivity index (χ3n) is 3.54. The van der Waals surface area contributed by atoms with E-state index in [1.807, 2.05) is 29.5 Å². The van der Waals surface area contributed by atoms with Gasteiger partial charge in [0.15, 0.2) is 0 Å². The van der Waals surface area contributed by atoms with Gasteiger partial charge >= 0.3 is 0 Å². The third-order valence-corrected chi connectivity index (χ3v) is 4.77. The van der Waals surface area contributed by atoms with Gasteiger partial charge in [0.05, 0.1) is 18.8 Å². The Bertz CT molecular complexity index is 581. The number of anilines is 1. The van der Waals surface area contributed by atoms with Crippen LogP contribution in [-0.4, -0.2) is 7.11 Å². The normalized spacial score (nSPS) is 17.9. The lowest BCUT2D eigenvalue weighted by molar-refractivity contribution is 0.415. The molecule has 0 amide bonds. The molecule has 0 saturated heterocycles. The zero-order valence-electron chi connectivity index (χ0n) is 10.8. The van der Waals surface area contributed by atoms with Crippen molar-refractivity contribution in [1.29, 1.82) is 0 Å². The van der Waals surface area contributed by atoms with Crippen LogP contribution >= 0.6 is 22.9 Å². The van der Waals surface area contributed by atoms with E-state index in [0.29, 0.717) is 6.04 Å². The maximum absolute atomic E-state index is 6.08.